The summed E-state index contributed by atoms with van der Waals surface area (Å²) in [6.45, 7) is 3.82. The van der Waals surface area contributed by atoms with E-state index < -0.39 is 0 Å². The fourth-order valence-corrected chi connectivity index (χ4v) is 1.87. The van der Waals surface area contributed by atoms with Crippen LogP contribution in [0.1, 0.15) is 21.6 Å². The molecule has 0 fully saturated rings. The zero-order chi connectivity index (χ0) is 13.4. The number of aryl methyl sites for hydroxylation is 1. The molecule has 6 heteroatoms. The van der Waals surface area contributed by atoms with E-state index in [0.29, 0.717) is 11.4 Å². The summed E-state index contributed by atoms with van der Waals surface area (Å²) < 4.78 is 0. The molecular formula is C13H13N5O. The van der Waals surface area contributed by atoms with Gasteiger partial charge in [0.05, 0.1) is 11.7 Å². The van der Waals surface area contributed by atoms with Gasteiger partial charge < -0.3 is 5.32 Å². The van der Waals surface area contributed by atoms with Crippen LogP contribution in [0.25, 0.3) is 10.9 Å². The first kappa shape index (κ1) is 11.5. The molecule has 0 aliphatic rings. The van der Waals surface area contributed by atoms with E-state index in [0.717, 1.165) is 22.2 Å². The molecule has 1 amide bonds. The Morgan fingerprint density at radius 1 is 1.26 bits per heavy atom. The highest BCUT2D eigenvalue weighted by Gasteiger charge is 2.11. The Morgan fingerprint density at radius 2 is 2.11 bits per heavy atom. The van der Waals surface area contributed by atoms with Crippen LogP contribution in [0.2, 0.25) is 0 Å². The molecule has 0 bridgehead atoms. The molecule has 0 unspecified atom stereocenters. The van der Waals surface area contributed by atoms with Crippen LogP contribution in [0.3, 0.4) is 0 Å². The molecule has 2 heterocycles. The zero-order valence-corrected chi connectivity index (χ0v) is 10.6. The Labute approximate surface area is 109 Å². The number of rotatable bonds is 2. The number of H-pyrrole nitrogens is 2. The number of hydrogen-bond acceptors (Lipinski definition) is 3. The van der Waals surface area contributed by atoms with Crippen molar-refractivity contribution in [3.05, 3.63) is 41.2 Å². The van der Waals surface area contributed by atoms with Gasteiger partial charge in [0.1, 0.15) is 0 Å². The molecule has 6 nitrogen and oxygen atoms in total. The summed E-state index contributed by atoms with van der Waals surface area (Å²) in [5.74, 6) is 0.382. The van der Waals surface area contributed by atoms with Crippen LogP contribution in [-0.2, 0) is 0 Å². The summed E-state index contributed by atoms with van der Waals surface area (Å²) in [6.07, 6.45) is 1.69. The van der Waals surface area contributed by atoms with E-state index in [1.807, 2.05) is 19.9 Å². The molecule has 2 aromatic heterocycles. The lowest BCUT2D eigenvalue weighted by molar-refractivity contribution is 0.102. The Balaban J connectivity index is 1.89. The maximum Gasteiger partial charge on any atom is 0.256 e. The van der Waals surface area contributed by atoms with Gasteiger partial charge in [-0.25, -0.2) is 0 Å². The number of fused-ring (bicyclic) bond motifs is 1. The van der Waals surface area contributed by atoms with Crippen molar-refractivity contribution in [1.29, 1.82) is 0 Å². The quantitative estimate of drug-likeness (QED) is 0.655. The van der Waals surface area contributed by atoms with Crippen molar-refractivity contribution in [2.24, 2.45) is 0 Å². The van der Waals surface area contributed by atoms with Gasteiger partial charge in [-0.05, 0) is 32.0 Å². The van der Waals surface area contributed by atoms with Gasteiger partial charge in [-0.3, -0.25) is 15.0 Å². The number of aromatic amines is 2. The second kappa shape index (κ2) is 4.24. The molecule has 0 atom stereocenters. The van der Waals surface area contributed by atoms with Crippen LogP contribution in [0, 0.1) is 13.8 Å². The van der Waals surface area contributed by atoms with Gasteiger partial charge in [0, 0.05) is 22.2 Å². The van der Waals surface area contributed by atoms with Crippen molar-refractivity contribution in [3.63, 3.8) is 0 Å². The third kappa shape index (κ3) is 1.97. The predicted molar refractivity (Wildman–Crippen MR) is 72.1 cm³/mol. The first-order chi connectivity index (χ1) is 9.15. The summed E-state index contributed by atoms with van der Waals surface area (Å²) in [4.78, 5) is 12.1. The minimum atomic E-state index is -0.183. The molecule has 1 aromatic carbocycles. The molecule has 0 saturated carbocycles. The highest BCUT2D eigenvalue weighted by Crippen LogP contribution is 2.17. The molecule has 3 rings (SSSR count). The Bertz CT molecular complexity index is 755. The minimum absolute atomic E-state index is 0.183. The average molecular weight is 255 g/mol. The molecular weight excluding hydrogens is 242 g/mol. The topological polar surface area (TPSA) is 86.5 Å². The average Bonchev–Trinajstić information content (AvgIpc) is 2.99. The van der Waals surface area contributed by atoms with Gasteiger partial charge in [-0.2, -0.15) is 10.2 Å². The van der Waals surface area contributed by atoms with Gasteiger partial charge in [0.2, 0.25) is 0 Å². The number of nitrogens with one attached hydrogen (secondary N) is 3. The standard InChI is InChI=1S/C13H13N5O/c1-7-8(2)16-18-12(7)15-13(19)9-3-4-11-10(5-9)6-14-17-11/h3-6H,1-2H3,(H,14,17)(H2,15,16,18,19). The summed E-state index contributed by atoms with van der Waals surface area (Å²) >= 11 is 0. The molecule has 0 radical (unpaired) electrons. The van der Waals surface area contributed by atoms with Crippen molar-refractivity contribution in [2.45, 2.75) is 13.8 Å². The van der Waals surface area contributed by atoms with E-state index in [2.05, 4.69) is 25.7 Å². The number of amides is 1. The summed E-state index contributed by atoms with van der Waals surface area (Å²) in [5.41, 5.74) is 3.37. The molecule has 0 saturated heterocycles. The van der Waals surface area contributed by atoms with E-state index in [-0.39, 0.29) is 5.91 Å². The lowest BCUT2D eigenvalue weighted by Gasteiger charge is -2.03. The highest BCUT2D eigenvalue weighted by molar-refractivity contribution is 6.06. The van der Waals surface area contributed by atoms with Crippen molar-refractivity contribution < 1.29 is 4.79 Å². The van der Waals surface area contributed by atoms with Gasteiger partial charge in [0.25, 0.3) is 5.91 Å². The number of anilines is 1. The van der Waals surface area contributed by atoms with E-state index in [9.17, 15) is 4.79 Å². The zero-order valence-electron chi connectivity index (χ0n) is 10.6. The summed E-state index contributed by atoms with van der Waals surface area (Å²) in [7, 11) is 0. The number of benzene rings is 1. The fraction of sp³-hybridized carbons (Fsp3) is 0.154. The molecule has 19 heavy (non-hydrogen) atoms. The van der Waals surface area contributed by atoms with Crippen molar-refractivity contribution in [1.82, 2.24) is 20.4 Å². The van der Waals surface area contributed by atoms with Gasteiger partial charge >= 0.3 is 0 Å². The maximum absolute atomic E-state index is 12.1. The van der Waals surface area contributed by atoms with Gasteiger partial charge in [0.15, 0.2) is 5.82 Å². The van der Waals surface area contributed by atoms with E-state index >= 15 is 0 Å². The smallest absolute Gasteiger partial charge is 0.256 e. The summed E-state index contributed by atoms with van der Waals surface area (Å²) in [6, 6.07) is 5.38. The van der Waals surface area contributed by atoms with Gasteiger partial charge in [-0.15, -0.1) is 0 Å². The third-order valence-electron chi connectivity index (χ3n) is 3.19. The van der Waals surface area contributed by atoms with Crippen LogP contribution >= 0.6 is 0 Å². The van der Waals surface area contributed by atoms with E-state index in [1.165, 1.54) is 0 Å². The van der Waals surface area contributed by atoms with Crippen molar-refractivity contribution in [3.8, 4) is 0 Å². The number of carbonyl (C=O) groups is 1. The van der Waals surface area contributed by atoms with Crippen LogP contribution in [0.4, 0.5) is 5.82 Å². The Hall–Kier alpha value is -2.63. The van der Waals surface area contributed by atoms with Gasteiger partial charge in [-0.1, -0.05) is 0 Å². The Morgan fingerprint density at radius 3 is 2.84 bits per heavy atom. The monoisotopic (exact) mass is 255 g/mol. The lowest BCUT2D eigenvalue weighted by Crippen LogP contribution is -2.12. The predicted octanol–water partition coefficient (Wildman–Crippen LogP) is 2.16. The van der Waals surface area contributed by atoms with Crippen molar-refractivity contribution >= 4 is 22.6 Å². The Kier molecular flexibility index (Phi) is 2.56. The normalized spacial score (nSPS) is 10.8. The van der Waals surface area contributed by atoms with Crippen LogP contribution in [0.5, 0.6) is 0 Å². The molecule has 0 spiro atoms. The molecule has 0 aliphatic carbocycles. The minimum Gasteiger partial charge on any atom is -0.305 e. The number of aromatic nitrogens is 4. The fourth-order valence-electron chi connectivity index (χ4n) is 1.87. The lowest BCUT2D eigenvalue weighted by atomic mass is 10.1. The first-order valence-corrected chi connectivity index (χ1v) is 5.91. The maximum atomic E-state index is 12.1. The van der Waals surface area contributed by atoms with E-state index in [1.54, 1.807) is 18.3 Å². The van der Waals surface area contributed by atoms with E-state index in [4.69, 9.17) is 0 Å². The third-order valence-corrected chi connectivity index (χ3v) is 3.19. The van der Waals surface area contributed by atoms with Crippen LogP contribution in [0.15, 0.2) is 24.4 Å². The number of carbonyl (C=O) groups excluding carboxylic acids is 1. The van der Waals surface area contributed by atoms with Crippen molar-refractivity contribution in [2.75, 3.05) is 5.32 Å². The summed E-state index contributed by atoms with van der Waals surface area (Å²) in [5, 5.41) is 17.4. The van der Waals surface area contributed by atoms with Crippen LogP contribution < -0.4 is 5.32 Å². The molecule has 0 aliphatic heterocycles. The first-order valence-electron chi connectivity index (χ1n) is 5.91. The molecule has 96 valence electrons. The molecule has 3 N–H and O–H groups in total. The SMILES string of the molecule is Cc1[nH]nc(NC(=O)c2ccc3[nH]ncc3c2)c1C. The highest BCUT2D eigenvalue weighted by atomic mass is 16.1. The molecule has 3 aromatic rings. The largest absolute Gasteiger partial charge is 0.305 e. The second-order valence-corrected chi connectivity index (χ2v) is 4.45. The number of hydrogen-bond donors (Lipinski definition) is 3. The second-order valence-electron chi connectivity index (χ2n) is 4.45. The number of nitrogens with zero attached hydrogens (tertiary/aromatic N) is 2. The van der Waals surface area contributed by atoms with Crippen LogP contribution in [-0.4, -0.2) is 26.3 Å².